The zero-order chi connectivity index (χ0) is 22.9. The molecule has 9 nitrogen and oxygen atoms in total. The number of aromatic amines is 1. The Morgan fingerprint density at radius 3 is 2.64 bits per heavy atom. The number of benzene rings is 2. The van der Waals surface area contributed by atoms with E-state index in [2.05, 4.69) is 36.5 Å². The zero-order valence-electron chi connectivity index (χ0n) is 17.2. The number of halogens is 1. The van der Waals surface area contributed by atoms with E-state index >= 15 is 0 Å². The van der Waals surface area contributed by atoms with Gasteiger partial charge in [0.1, 0.15) is 24.9 Å². The minimum absolute atomic E-state index is 0.146. The van der Waals surface area contributed by atoms with Gasteiger partial charge in [0.05, 0.1) is 11.6 Å². The molecule has 2 atom stereocenters. The molecule has 1 aromatic heterocycles. The lowest BCUT2D eigenvalue weighted by Crippen LogP contribution is -2.38. The lowest BCUT2D eigenvalue weighted by Gasteiger charge is -2.28. The normalized spacial score (nSPS) is 18.6. The number of carbonyl (C=O) groups excluding carboxylic acids is 1. The van der Waals surface area contributed by atoms with Crippen molar-refractivity contribution >= 4 is 33.6 Å². The molecule has 2 unspecified atom stereocenters. The Kier molecular flexibility index (Phi) is 5.48. The van der Waals surface area contributed by atoms with Gasteiger partial charge in [-0.15, -0.1) is 0 Å². The van der Waals surface area contributed by atoms with Crippen molar-refractivity contribution in [1.82, 2.24) is 9.97 Å². The summed E-state index contributed by atoms with van der Waals surface area (Å²) in [4.78, 5) is 32.9. The van der Waals surface area contributed by atoms with Gasteiger partial charge in [-0.1, -0.05) is 34.1 Å². The van der Waals surface area contributed by atoms with Gasteiger partial charge in [0, 0.05) is 16.9 Å². The van der Waals surface area contributed by atoms with Crippen LogP contribution in [-0.4, -0.2) is 29.1 Å². The van der Waals surface area contributed by atoms with Crippen LogP contribution in [0.15, 0.2) is 51.7 Å². The van der Waals surface area contributed by atoms with Gasteiger partial charge in [-0.3, -0.25) is 14.6 Å². The van der Waals surface area contributed by atoms with E-state index < -0.39 is 23.3 Å². The van der Waals surface area contributed by atoms with Crippen LogP contribution in [-0.2, 0) is 11.3 Å². The maximum absolute atomic E-state index is 13.1. The Labute approximate surface area is 196 Å². The summed E-state index contributed by atoms with van der Waals surface area (Å²) >= 11 is 3.38. The van der Waals surface area contributed by atoms with Crippen LogP contribution in [0.3, 0.4) is 0 Å². The smallest absolute Gasteiger partial charge is 0.258 e. The highest BCUT2D eigenvalue weighted by atomic mass is 79.9. The number of nitrogens with zero attached hydrogens (tertiary/aromatic N) is 2. The predicted molar refractivity (Wildman–Crippen MR) is 123 cm³/mol. The Balaban J connectivity index is 1.45. The van der Waals surface area contributed by atoms with Gasteiger partial charge in [0.25, 0.3) is 5.56 Å². The molecule has 1 amide bonds. The molecule has 0 aliphatic carbocycles. The van der Waals surface area contributed by atoms with Crippen LogP contribution in [0.4, 0.5) is 11.8 Å². The number of nitriles is 1. The summed E-state index contributed by atoms with van der Waals surface area (Å²) in [5.41, 5.74) is 1.43. The van der Waals surface area contributed by atoms with E-state index in [1.807, 2.05) is 24.3 Å². The third kappa shape index (κ3) is 4.03. The van der Waals surface area contributed by atoms with Gasteiger partial charge in [-0.05, 0) is 35.4 Å². The Hall–Kier alpha value is -3.84. The third-order valence-corrected chi connectivity index (χ3v) is 6.09. The van der Waals surface area contributed by atoms with Crippen LogP contribution in [0.1, 0.15) is 22.6 Å². The van der Waals surface area contributed by atoms with E-state index in [0.29, 0.717) is 36.8 Å². The molecule has 3 N–H and O–H groups in total. The minimum atomic E-state index is -1.04. The third-order valence-electron chi connectivity index (χ3n) is 5.56. The molecule has 10 heteroatoms. The quantitative estimate of drug-likeness (QED) is 0.494. The van der Waals surface area contributed by atoms with Crippen LogP contribution in [0.25, 0.3) is 0 Å². The summed E-state index contributed by atoms with van der Waals surface area (Å²) in [5, 5.41) is 15.3. The lowest BCUT2D eigenvalue weighted by atomic mass is 9.79. The second-order valence-electron chi connectivity index (χ2n) is 7.63. The van der Waals surface area contributed by atoms with E-state index in [-0.39, 0.29) is 17.3 Å². The molecule has 33 heavy (non-hydrogen) atoms. The van der Waals surface area contributed by atoms with E-state index in [4.69, 9.17) is 9.47 Å². The minimum Gasteiger partial charge on any atom is -0.486 e. The SMILES string of the molecule is N#CC1C(=O)Nc2nc(NCc3ccc4c(c3)OCCO4)[nH]c(=O)c2C1c1ccc(Br)cc1. The predicted octanol–water partition coefficient (Wildman–Crippen LogP) is 3.14. The number of hydrogen-bond donors (Lipinski definition) is 3. The summed E-state index contributed by atoms with van der Waals surface area (Å²) in [6, 6.07) is 14.8. The number of fused-ring (bicyclic) bond motifs is 2. The number of anilines is 2. The summed E-state index contributed by atoms with van der Waals surface area (Å²) in [5.74, 6) is -0.549. The van der Waals surface area contributed by atoms with Crippen LogP contribution < -0.4 is 25.7 Å². The zero-order valence-corrected chi connectivity index (χ0v) is 18.8. The number of amides is 1. The van der Waals surface area contributed by atoms with Gasteiger partial charge < -0.3 is 20.1 Å². The number of aromatic nitrogens is 2. The van der Waals surface area contributed by atoms with Gasteiger partial charge in [-0.2, -0.15) is 10.2 Å². The molecule has 2 aliphatic heterocycles. The standard InChI is InChI=1S/C23H18BrN5O4/c24-14-4-2-13(3-5-14)18-15(10-25)21(30)27-20-19(18)22(31)29-23(28-20)26-11-12-1-6-16-17(9-12)33-8-7-32-16/h1-6,9,15,18H,7-8,11H2,(H3,26,27,28,29,30,31). The molecule has 2 aliphatic rings. The molecule has 5 rings (SSSR count). The fourth-order valence-electron chi connectivity index (χ4n) is 4.01. The first kappa shape index (κ1) is 21.0. The maximum atomic E-state index is 13.1. The molecule has 2 aromatic carbocycles. The van der Waals surface area contributed by atoms with E-state index in [1.165, 1.54) is 0 Å². The molecular weight excluding hydrogens is 490 g/mol. The van der Waals surface area contributed by atoms with Crippen molar-refractivity contribution in [3.05, 3.63) is 74.0 Å². The van der Waals surface area contributed by atoms with E-state index in [0.717, 1.165) is 10.0 Å². The monoisotopic (exact) mass is 507 g/mol. The number of carbonyl (C=O) groups is 1. The Morgan fingerprint density at radius 1 is 1.12 bits per heavy atom. The summed E-state index contributed by atoms with van der Waals surface area (Å²) in [6.07, 6.45) is 0. The molecule has 0 spiro atoms. The molecule has 3 heterocycles. The lowest BCUT2D eigenvalue weighted by molar-refractivity contribution is -0.119. The highest BCUT2D eigenvalue weighted by molar-refractivity contribution is 9.10. The van der Waals surface area contributed by atoms with Crippen molar-refractivity contribution in [3.8, 4) is 17.6 Å². The second kappa shape index (κ2) is 8.60. The fourth-order valence-corrected chi connectivity index (χ4v) is 4.27. The molecule has 0 fully saturated rings. The molecule has 0 saturated heterocycles. The average Bonchev–Trinajstić information content (AvgIpc) is 2.82. The average molecular weight is 508 g/mol. The first-order valence-electron chi connectivity index (χ1n) is 10.3. The van der Waals surface area contributed by atoms with Crippen LogP contribution >= 0.6 is 15.9 Å². The van der Waals surface area contributed by atoms with Crippen molar-refractivity contribution < 1.29 is 14.3 Å². The van der Waals surface area contributed by atoms with Crippen molar-refractivity contribution in [1.29, 1.82) is 5.26 Å². The van der Waals surface area contributed by atoms with Gasteiger partial charge in [0.2, 0.25) is 11.9 Å². The molecular formula is C23H18BrN5O4. The molecule has 166 valence electrons. The molecule has 3 aromatic rings. The molecule has 0 radical (unpaired) electrons. The van der Waals surface area contributed by atoms with Gasteiger partial charge >= 0.3 is 0 Å². The molecule has 0 bridgehead atoms. The van der Waals surface area contributed by atoms with Crippen molar-refractivity contribution in [3.63, 3.8) is 0 Å². The van der Waals surface area contributed by atoms with E-state index in [9.17, 15) is 14.9 Å². The van der Waals surface area contributed by atoms with Crippen LogP contribution in [0, 0.1) is 17.2 Å². The van der Waals surface area contributed by atoms with Gasteiger partial charge in [-0.25, -0.2) is 0 Å². The number of rotatable bonds is 4. The second-order valence-corrected chi connectivity index (χ2v) is 8.55. The number of nitrogens with one attached hydrogen (secondary N) is 3. The number of H-pyrrole nitrogens is 1. The van der Waals surface area contributed by atoms with Crippen LogP contribution in [0.2, 0.25) is 0 Å². The Morgan fingerprint density at radius 2 is 1.88 bits per heavy atom. The first-order valence-corrected chi connectivity index (χ1v) is 11.1. The largest absolute Gasteiger partial charge is 0.486 e. The van der Waals surface area contributed by atoms with E-state index in [1.54, 1.807) is 24.3 Å². The summed E-state index contributed by atoms with van der Waals surface area (Å²) in [7, 11) is 0. The van der Waals surface area contributed by atoms with Crippen molar-refractivity contribution in [2.45, 2.75) is 12.5 Å². The summed E-state index contributed by atoms with van der Waals surface area (Å²) in [6.45, 7) is 1.38. The van der Waals surface area contributed by atoms with Gasteiger partial charge in [0.15, 0.2) is 11.5 Å². The van der Waals surface area contributed by atoms with Crippen LogP contribution in [0.5, 0.6) is 11.5 Å². The molecule has 0 saturated carbocycles. The summed E-state index contributed by atoms with van der Waals surface area (Å²) < 4.78 is 12.0. The van der Waals surface area contributed by atoms with Crippen molar-refractivity contribution in [2.24, 2.45) is 5.92 Å². The Bertz CT molecular complexity index is 1330. The maximum Gasteiger partial charge on any atom is 0.258 e. The number of hydrogen-bond acceptors (Lipinski definition) is 7. The topological polar surface area (TPSA) is 129 Å². The highest BCUT2D eigenvalue weighted by Crippen LogP contribution is 2.38. The first-order chi connectivity index (χ1) is 16.0. The fraction of sp³-hybridized carbons (Fsp3) is 0.217. The highest BCUT2D eigenvalue weighted by Gasteiger charge is 2.40. The van der Waals surface area contributed by atoms with Crippen molar-refractivity contribution in [2.75, 3.05) is 23.8 Å². The number of ether oxygens (including phenoxy) is 2.